The van der Waals surface area contributed by atoms with Crippen molar-refractivity contribution >= 4 is 34.6 Å². The summed E-state index contributed by atoms with van der Waals surface area (Å²) in [6.45, 7) is 8.63. The van der Waals surface area contributed by atoms with Crippen molar-refractivity contribution in [2.45, 2.75) is 59.4 Å². The Balaban J connectivity index is 1.53. The number of rotatable bonds is 4. The van der Waals surface area contributed by atoms with Gasteiger partial charge in [0.05, 0.1) is 10.6 Å². The molecular weight excluding hydrogens is 450 g/mol. The van der Waals surface area contributed by atoms with Crippen LogP contribution in [0.5, 0.6) is 0 Å². The van der Waals surface area contributed by atoms with Gasteiger partial charge in [0.15, 0.2) is 5.17 Å². The molecule has 1 aromatic heterocycles. The largest absolute Gasteiger partial charge is 0.318 e. The first-order chi connectivity index (χ1) is 16.9. The van der Waals surface area contributed by atoms with Crippen molar-refractivity contribution in [1.29, 1.82) is 0 Å². The Kier molecular flexibility index (Phi) is 6.70. The van der Waals surface area contributed by atoms with E-state index in [0.29, 0.717) is 5.92 Å². The first kappa shape index (κ1) is 23.7. The van der Waals surface area contributed by atoms with Crippen molar-refractivity contribution in [3.63, 3.8) is 0 Å². The van der Waals surface area contributed by atoms with Gasteiger partial charge in [-0.1, -0.05) is 55.7 Å². The van der Waals surface area contributed by atoms with Crippen LogP contribution in [0.2, 0.25) is 0 Å². The Bertz CT molecular complexity index is 1290. The number of hydrogen-bond donors (Lipinski definition) is 0. The average Bonchev–Trinajstić information content (AvgIpc) is 3.30. The quantitative estimate of drug-likeness (QED) is 0.359. The molecule has 1 aliphatic carbocycles. The van der Waals surface area contributed by atoms with Crippen molar-refractivity contribution in [2.24, 2.45) is 10.9 Å². The van der Waals surface area contributed by atoms with Crippen LogP contribution < -0.4 is 0 Å². The highest BCUT2D eigenvalue weighted by Crippen LogP contribution is 2.40. The second-order valence-electron chi connectivity index (χ2n) is 9.84. The van der Waals surface area contributed by atoms with E-state index < -0.39 is 0 Å². The van der Waals surface area contributed by atoms with Gasteiger partial charge < -0.3 is 4.57 Å². The lowest BCUT2D eigenvalue weighted by atomic mass is 9.85. The first-order valence-electron chi connectivity index (χ1n) is 12.5. The lowest BCUT2D eigenvalue weighted by Crippen LogP contribution is -2.44. The van der Waals surface area contributed by atoms with Gasteiger partial charge in [0.2, 0.25) is 0 Å². The van der Waals surface area contributed by atoms with Gasteiger partial charge in [0, 0.05) is 23.1 Å². The third-order valence-electron chi connectivity index (χ3n) is 7.26. The lowest BCUT2D eigenvalue weighted by molar-refractivity contribution is -0.124. The molecule has 5 heteroatoms. The van der Waals surface area contributed by atoms with E-state index in [2.05, 4.69) is 68.7 Å². The van der Waals surface area contributed by atoms with Crippen LogP contribution in [-0.4, -0.2) is 26.6 Å². The maximum Gasteiger partial charge on any atom is 0.267 e. The van der Waals surface area contributed by atoms with Gasteiger partial charge in [-0.3, -0.25) is 9.69 Å². The number of hydrogen-bond acceptors (Lipinski definition) is 3. The highest BCUT2D eigenvalue weighted by Gasteiger charge is 2.41. The average molecular weight is 484 g/mol. The van der Waals surface area contributed by atoms with Crippen molar-refractivity contribution in [3.05, 3.63) is 88.1 Å². The molecule has 2 aromatic carbocycles. The molecule has 1 saturated heterocycles. The highest BCUT2D eigenvalue weighted by molar-refractivity contribution is 8.18. The second kappa shape index (κ2) is 9.90. The summed E-state index contributed by atoms with van der Waals surface area (Å²) in [4.78, 5) is 21.5. The van der Waals surface area contributed by atoms with E-state index in [4.69, 9.17) is 4.99 Å². The number of amidine groups is 1. The van der Waals surface area contributed by atoms with Crippen molar-refractivity contribution in [3.8, 4) is 5.69 Å². The van der Waals surface area contributed by atoms with E-state index in [0.717, 1.165) is 51.2 Å². The zero-order valence-corrected chi connectivity index (χ0v) is 21.8. The van der Waals surface area contributed by atoms with Crippen molar-refractivity contribution in [1.82, 2.24) is 9.47 Å². The molecule has 2 fully saturated rings. The van der Waals surface area contributed by atoms with E-state index in [9.17, 15) is 4.79 Å². The van der Waals surface area contributed by atoms with E-state index in [1.807, 2.05) is 35.2 Å². The molecule has 0 spiro atoms. The standard InChI is InChI=1S/C30H33N3OS/c1-20-14-16-26(17-15-20)32-22(3)18-24(23(32)4)19-28-29(34)33(27-13-9-8-10-21(27)2)30(35-28)31-25-11-6-5-7-12-25/h5-7,11-12,14-19,21,27H,8-10,13H2,1-4H3/b28-19-,31-30?/t21-,27+/m1/s1. The van der Waals surface area contributed by atoms with Crippen LogP contribution in [0.3, 0.4) is 0 Å². The van der Waals surface area contributed by atoms with Crippen LogP contribution >= 0.6 is 11.8 Å². The Morgan fingerprint density at radius 3 is 2.40 bits per heavy atom. The molecule has 1 aliphatic heterocycles. The minimum atomic E-state index is 0.0866. The number of carbonyl (C=O) groups is 1. The maximum absolute atomic E-state index is 13.8. The number of aryl methyl sites for hydroxylation is 2. The summed E-state index contributed by atoms with van der Waals surface area (Å²) in [5.74, 6) is 0.559. The summed E-state index contributed by atoms with van der Waals surface area (Å²) in [6.07, 6.45) is 6.67. The molecular formula is C30H33N3OS. The zero-order valence-electron chi connectivity index (χ0n) is 21.0. The summed E-state index contributed by atoms with van der Waals surface area (Å²) < 4.78 is 2.26. The summed E-state index contributed by atoms with van der Waals surface area (Å²) in [5.41, 5.74) is 6.65. The molecule has 2 atom stereocenters. The van der Waals surface area contributed by atoms with Crippen molar-refractivity contribution in [2.75, 3.05) is 0 Å². The molecule has 0 radical (unpaired) electrons. The van der Waals surface area contributed by atoms with Crippen LogP contribution in [0.15, 0.2) is 70.6 Å². The number of benzene rings is 2. The Hall–Kier alpha value is -3.05. The molecule has 0 bridgehead atoms. The highest BCUT2D eigenvalue weighted by atomic mass is 32.2. The number of nitrogens with zero attached hydrogens (tertiary/aromatic N) is 3. The summed E-state index contributed by atoms with van der Waals surface area (Å²) in [7, 11) is 0. The number of para-hydroxylation sites is 1. The van der Waals surface area contributed by atoms with Crippen LogP contribution in [-0.2, 0) is 4.79 Å². The van der Waals surface area contributed by atoms with Crippen LogP contribution in [0.4, 0.5) is 5.69 Å². The van der Waals surface area contributed by atoms with E-state index >= 15 is 0 Å². The van der Waals surface area contributed by atoms with Gasteiger partial charge in [-0.25, -0.2) is 4.99 Å². The normalized spacial score (nSPS) is 23.0. The minimum absolute atomic E-state index is 0.0866. The van der Waals surface area contributed by atoms with Gasteiger partial charge in [0.25, 0.3) is 5.91 Å². The molecule has 2 aliphatic rings. The Morgan fingerprint density at radius 1 is 0.971 bits per heavy atom. The SMILES string of the molecule is Cc1ccc(-n2c(C)cc(/C=C3\SC(=Nc4ccccc4)N([C@H]4CCCC[C@H]4C)C3=O)c2C)cc1. The molecule has 0 unspecified atom stereocenters. The minimum Gasteiger partial charge on any atom is -0.318 e. The lowest BCUT2D eigenvalue weighted by Gasteiger charge is -2.35. The molecule has 180 valence electrons. The third-order valence-corrected chi connectivity index (χ3v) is 8.25. The monoisotopic (exact) mass is 483 g/mol. The molecule has 0 N–H and O–H groups in total. The molecule has 35 heavy (non-hydrogen) atoms. The summed E-state index contributed by atoms with van der Waals surface area (Å²) in [5, 5.41) is 0.804. The Morgan fingerprint density at radius 2 is 1.69 bits per heavy atom. The topological polar surface area (TPSA) is 37.6 Å². The molecule has 1 amide bonds. The van der Waals surface area contributed by atoms with Gasteiger partial charge in [0.1, 0.15) is 0 Å². The molecule has 4 nitrogen and oxygen atoms in total. The van der Waals surface area contributed by atoms with Crippen LogP contribution in [0.25, 0.3) is 11.8 Å². The molecule has 5 rings (SSSR count). The molecule has 1 saturated carbocycles. The fourth-order valence-corrected chi connectivity index (χ4v) is 6.35. The fraction of sp³-hybridized carbons (Fsp3) is 0.333. The van der Waals surface area contributed by atoms with Crippen LogP contribution in [0, 0.1) is 26.7 Å². The van der Waals surface area contributed by atoms with Crippen LogP contribution in [0.1, 0.15) is 55.1 Å². The van der Waals surface area contributed by atoms with Crippen molar-refractivity contribution < 1.29 is 4.79 Å². The smallest absolute Gasteiger partial charge is 0.267 e. The number of thioether (sulfide) groups is 1. The fourth-order valence-electron chi connectivity index (χ4n) is 5.32. The van der Waals surface area contributed by atoms with Gasteiger partial charge >= 0.3 is 0 Å². The molecule has 2 heterocycles. The van der Waals surface area contributed by atoms with E-state index in [1.54, 1.807) is 0 Å². The van der Waals surface area contributed by atoms with Gasteiger partial charge in [-0.05, 0) is 93.3 Å². The maximum atomic E-state index is 13.8. The van der Waals surface area contributed by atoms with Gasteiger partial charge in [-0.2, -0.15) is 0 Å². The number of amides is 1. The Labute approximate surface area is 212 Å². The molecule has 3 aromatic rings. The summed E-state index contributed by atoms with van der Waals surface area (Å²) in [6, 6.07) is 20.9. The third kappa shape index (κ3) is 4.74. The van der Waals surface area contributed by atoms with Gasteiger partial charge in [-0.15, -0.1) is 0 Å². The number of carbonyl (C=O) groups excluding carboxylic acids is 1. The number of aliphatic imine (C=N–C) groups is 1. The first-order valence-corrected chi connectivity index (χ1v) is 13.4. The predicted molar refractivity (Wildman–Crippen MR) is 147 cm³/mol. The number of aromatic nitrogens is 1. The zero-order chi connectivity index (χ0) is 24.5. The van der Waals surface area contributed by atoms with E-state index in [-0.39, 0.29) is 11.9 Å². The second-order valence-corrected chi connectivity index (χ2v) is 10.9. The van der Waals surface area contributed by atoms with E-state index in [1.165, 1.54) is 30.2 Å². The predicted octanol–water partition coefficient (Wildman–Crippen LogP) is 7.59. The summed E-state index contributed by atoms with van der Waals surface area (Å²) >= 11 is 1.51.